The number of aliphatic imine (C=N–C) groups is 1. The van der Waals surface area contributed by atoms with Crippen LogP contribution in [0, 0.1) is 0 Å². The molecule has 0 bridgehead atoms. The van der Waals surface area contributed by atoms with Gasteiger partial charge in [-0.05, 0) is 20.8 Å². The van der Waals surface area contributed by atoms with E-state index in [2.05, 4.69) is 20.3 Å². The number of aromatic nitrogens is 2. The Hall–Kier alpha value is -1.52. The van der Waals surface area contributed by atoms with E-state index in [0.717, 1.165) is 12.2 Å². The number of hydrogen-bond donors (Lipinski definition) is 3. The highest BCUT2D eigenvalue weighted by Crippen LogP contribution is 1.97. The standard InChI is InChI=1S/C10H19N5/c1-10(2,3)15-9(11)14-5-4-8-12-6-7-13-8/h6-7H,4-5H2,1-3H3,(H,12,13)(H3,11,14,15). The van der Waals surface area contributed by atoms with Crippen LogP contribution in [0.5, 0.6) is 0 Å². The highest BCUT2D eigenvalue weighted by Gasteiger charge is 2.09. The molecule has 0 spiro atoms. The first kappa shape index (κ1) is 11.6. The third kappa shape index (κ3) is 5.05. The molecule has 1 rings (SSSR count). The molecule has 4 N–H and O–H groups in total. The first-order valence-corrected chi connectivity index (χ1v) is 5.04. The second-order valence-corrected chi connectivity index (χ2v) is 4.43. The minimum atomic E-state index is -0.0434. The smallest absolute Gasteiger partial charge is 0.188 e. The fourth-order valence-corrected chi connectivity index (χ4v) is 1.14. The lowest BCUT2D eigenvalue weighted by atomic mass is 10.1. The third-order valence-corrected chi connectivity index (χ3v) is 1.69. The molecule has 0 atom stereocenters. The van der Waals surface area contributed by atoms with Crippen molar-refractivity contribution < 1.29 is 0 Å². The van der Waals surface area contributed by atoms with E-state index in [1.54, 1.807) is 12.4 Å². The molecule has 0 saturated carbocycles. The van der Waals surface area contributed by atoms with Crippen molar-refractivity contribution in [3.63, 3.8) is 0 Å². The fraction of sp³-hybridized carbons (Fsp3) is 0.600. The Morgan fingerprint density at radius 1 is 1.60 bits per heavy atom. The van der Waals surface area contributed by atoms with E-state index in [-0.39, 0.29) is 5.54 Å². The van der Waals surface area contributed by atoms with Crippen LogP contribution in [0.3, 0.4) is 0 Å². The molecular weight excluding hydrogens is 190 g/mol. The van der Waals surface area contributed by atoms with Crippen molar-refractivity contribution in [2.45, 2.75) is 32.7 Å². The Labute approximate surface area is 90.2 Å². The number of nitrogens with one attached hydrogen (secondary N) is 2. The monoisotopic (exact) mass is 209 g/mol. The molecule has 0 unspecified atom stereocenters. The van der Waals surface area contributed by atoms with Crippen molar-refractivity contribution in [2.24, 2.45) is 10.7 Å². The number of imidazole rings is 1. The average molecular weight is 209 g/mol. The molecule has 1 aromatic heterocycles. The second kappa shape index (κ2) is 4.82. The average Bonchev–Trinajstić information content (AvgIpc) is 2.53. The van der Waals surface area contributed by atoms with Crippen LogP contribution in [0.25, 0.3) is 0 Å². The van der Waals surface area contributed by atoms with Gasteiger partial charge in [0.2, 0.25) is 0 Å². The summed E-state index contributed by atoms with van der Waals surface area (Å²) in [4.78, 5) is 11.3. The summed E-state index contributed by atoms with van der Waals surface area (Å²) in [5, 5.41) is 3.10. The molecule has 0 saturated heterocycles. The summed E-state index contributed by atoms with van der Waals surface area (Å²) >= 11 is 0. The molecule has 0 aliphatic rings. The van der Waals surface area contributed by atoms with Gasteiger partial charge < -0.3 is 16.0 Å². The zero-order chi connectivity index (χ0) is 11.3. The lowest BCUT2D eigenvalue weighted by Gasteiger charge is -2.20. The highest BCUT2D eigenvalue weighted by atomic mass is 15.1. The minimum absolute atomic E-state index is 0.0434. The maximum absolute atomic E-state index is 5.71. The number of guanidine groups is 1. The van der Waals surface area contributed by atoms with E-state index in [9.17, 15) is 0 Å². The van der Waals surface area contributed by atoms with Gasteiger partial charge in [-0.3, -0.25) is 4.99 Å². The topological polar surface area (TPSA) is 79.1 Å². The van der Waals surface area contributed by atoms with E-state index in [1.165, 1.54) is 0 Å². The third-order valence-electron chi connectivity index (χ3n) is 1.69. The normalized spacial score (nSPS) is 12.9. The summed E-state index contributed by atoms with van der Waals surface area (Å²) in [6.07, 6.45) is 4.31. The molecule has 0 amide bonds. The Morgan fingerprint density at radius 3 is 2.87 bits per heavy atom. The molecule has 5 heteroatoms. The quantitative estimate of drug-likeness (QED) is 0.505. The van der Waals surface area contributed by atoms with Gasteiger partial charge in [-0.15, -0.1) is 0 Å². The van der Waals surface area contributed by atoms with Crippen molar-refractivity contribution in [1.82, 2.24) is 15.3 Å². The van der Waals surface area contributed by atoms with Crippen molar-refractivity contribution >= 4 is 5.96 Å². The summed E-state index contributed by atoms with van der Waals surface area (Å²) in [6.45, 7) is 6.77. The lowest BCUT2D eigenvalue weighted by Crippen LogP contribution is -2.45. The Morgan fingerprint density at radius 2 is 2.33 bits per heavy atom. The first-order chi connectivity index (χ1) is 6.97. The summed E-state index contributed by atoms with van der Waals surface area (Å²) in [7, 11) is 0. The number of H-pyrrole nitrogens is 1. The predicted octanol–water partition coefficient (Wildman–Crippen LogP) is 0.655. The van der Waals surface area contributed by atoms with Gasteiger partial charge in [0.05, 0.1) is 0 Å². The minimum Gasteiger partial charge on any atom is -0.370 e. The van der Waals surface area contributed by atoms with Crippen LogP contribution in [0.15, 0.2) is 17.4 Å². The Bertz CT molecular complexity index is 307. The van der Waals surface area contributed by atoms with Crippen molar-refractivity contribution in [3.05, 3.63) is 18.2 Å². The maximum Gasteiger partial charge on any atom is 0.188 e. The molecule has 0 aliphatic carbocycles. The van der Waals surface area contributed by atoms with Crippen LogP contribution in [0.4, 0.5) is 0 Å². The van der Waals surface area contributed by atoms with Crippen LogP contribution < -0.4 is 11.1 Å². The molecular formula is C10H19N5. The zero-order valence-corrected chi connectivity index (χ0v) is 9.54. The van der Waals surface area contributed by atoms with Crippen LogP contribution in [0.2, 0.25) is 0 Å². The van der Waals surface area contributed by atoms with Gasteiger partial charge in [0, 0.05) is 30.9 Å². The summed E-state index contributed by atoms with van der Waals surface area (Å²) in [5.41, 5.74) is 5.66. The van der Waals surface area contributed by atoms with Gasteiger partial charge in [-0.25, -0.2) is 4.98 Å². The lowest BCUT2D eigenvalue weighted by molar-refractivity contribution is 0.508. The van der Waals surface area contributed by atoms with Gasteiger partial charge in [-0.2, -0.15) is 0 Å². The highest BCUT2D eigenvalue weighted by molar-refractivity contribution is 5.78. The molecule has 0 radical (unpaired) electrons. The largest absolute Gasteiger partial charge is 0.370 e. The Balaban J connectivity index is 2.32. The van der Waals surface area contributed by atoms with Crippen LogP contribution in [-0.4, -0.2) is 28.0 Å². The van der Waals surface area contributed by atoms with E-state index < -0.39 is 0 Å². The van der Waals surface area contributed by atoms with Gasteiger partial charge in [0.1, 0.15) is 5.82 Å². The number of nitrogens with zero attached hydrogens (tertiary/aromatic N) is 2. The summed E-state index contributed by atoms with van der Waals surface area (Å²) in [6, 6.07) is 0. The summed E-state index contributed by atoms with van der Waals surface area (Å²) < 4.78 is 0. The number of hydrogen-bond acceptors (Lipinski definition) is 2. The summed E-state index contributed by atoms with van der Waals surface area (Å²) in [5.74, 6) is 1.41. The van der Waals surface area contributed by atoms with Gasteiger partial charge in [0.25, 0.3) is 0 Å². The first-order valence-electron chi connectivity index (χ1n) is 5.04. The fourth-order valence-electron chi connectivity index (χ4n) is 1.14. The molecule has 5 nitrogen and oxygen atoms in total. The molecule has 0 fully saturated rings. The van der Waals surface area contributed by atoms with Crippen LogP contribution in [-0.2, 0) is 6.42 Å². The van der Waals surface area contributed by atoms with Gasteiger partial charge in [-0.1, -0.05) is 0 Å². The van der Waals surface area contributed by atoms with Crippen LogP contribution >= 0.6 is 0 Å². The number of rotatable bonds is 3. The van der Waals surface area contributed by atoms with E-state index >= 15 is 0 Å². The number of nitrogens with two attached hydrogens (primary N) is 1. The van der Waals surface area contributed by atoms with E-state index in [0.29, 0.717) is 12.5 Å². The Kier molecular flexibility index (Phi) is 3.71. The molecule has 84 valence electrons. The zero-order valence-electron chi connectivity index (χ0n) is 9.54. The van der Waals surface area contributed by atoms with E-state index in [1.807, 2.05) is 20.8 Å². The molecule has 1 heterocycles. The van der Waals surface area contributed by atoms with Crippen molar-refractivity contribution in [1.29, 1.82) is 0 Å². The SMILES string of the molecule is CC(C)(C)NC(N)=NCCc1ncc[nH]1. The molecule has 0 aliphatic heterocycles. The van der Waals surface area contributed by atoms with Crippen LogP contribution in [0.1, 0.15) is 26.6 Å². The maximum atomic E-state index is 5.71. The van der Waals surface area contributed by atoms with Crippen molar-refractivity contribution in [3.8, 4) is 0 Å². The molecule has 0 aromatic carbocycles. The van der Waals surface area contributed by atoms with Gasteiger partial charge in [0.15, 0.2) is 5.96 Å². The van der Waals surface area contributed by atoms with E-state index in [4.69, 9.17) is 5.73 Å². The van der Waals surface area contributed by atoms with Crippen molar-refractivity contribution in [2.75, 3.05) is 6.54 Å². The molecule has 15 heavy (non-hydrogen) atoms. The van der Waals surface area contributed by atoms with Gasteiger partial charge >= 0.3 is 0 Å². The second-order valence-electron chi connectivity index (χ2n) is 4.43. The number of aromatic amines is 1. The predicted molar refractivity (Wildman–Crippen MR) is 61.7 cm³/mol. The molecule has 1 aromatic rings.